The van der Waals surface area contributed by atoms with Gasteiger partial charge in [-0.05, 0) is 67.1 Å². The van der Waals surface area contributed by atoms with Crippen LogP contribution in [-0.4, -0.2) is 36.6 Å². The highest BCUT2D eigenvalue weighted by Gasteiger charge is 2.47. The summed E-state index contributed by atoms with van der Waals surface area (Å²) in [5.41, 5.74) is 1.45. The lowest BCUT2D eigenvalue weighted by Crippen LogP contribution is -2.29. The van der Waals surface area contributed by atoms with E-state index in [-0.39, 0.29) is 11.3 Å². The van der Waals surface area contributed by atoms with Crippen molar-refractivity contribution in [2.45, 2.75) is 13.0 Å². The quantitative estimate of drug-likeness (QED) is 0.302. The van der Waals surface area contributed by atoms with Gasteiger partial charge in [-0.25, -0.2) is 0 Å². The van der Waals surface area contributed by atoms with Crippen LogP contribution in [0.25, 0.3) is 5.76 Å². The summed E-state index contributed by atoms with van der Waals surface area (Å²) in [4.78, 5) is 27.9. The molecule has 3 aromatic carbocycles. The van der Waals surface area contributed by atoms with E-state index in [9.17, 15) is 14.7 Å². The Bertz CT molecular complexity index is 1320. The Morgan fingerprint density at radius 2 is 1.69 bits per heavy atom. The molecule has 178 valence electrons. The number of hydrogen-bond acceptors (Lipinski definition) is 6. The number of nitrogens with zero attached hydrogens (tertiary/aromatic N) is 1. The van der Waals surface area contributed by atoms with Crippen LogP contribution in [0.2, 0.25) is 5.02 Å². The second-order valence-electron chi connectivity index (χ2n) is 8.01. The third-order valence-corrected chi connectivity index (χ3v) is 6.12. The number of aliphatic hydroxyl groups excluding tert-OH is 1. The van der Waals surface area contributed by atoms with Crippen LogP contribution in [-0.2, 0) is 9.59 Å². The Morgan fingerprint density at radius 1 is 1.00 bits per heavy atom. The fourth-order valence-corrected chi connectivity index (χ4v) is 4.40. The third-order valence-electron chi connectivity index (χ3n) is 5.87. The van der Waals surface area contributed by atoms with Crippen LogP contribution in [0.1, 0.15) is 24.1 Å². The molecule has 1 fully saturated rings. The molecule has 0 radical (unpaired) electrons. The van der Waals surface area contributed by atoms with E-state index in [2.05, 4.69) is 0 Å². The molecule has 1 amide bonds. The number of aliphatic hydroxyl groups is 1. The molecule has 0 saturated carbocycles. The van der Waals surface area contributed by atoms with Gasteiger partial charge in [0.25, 0.3) is 11.7 Å². The zero-order valence-electron chi connectivity index (χ0n) is 18.9. The summed E-state index contributed by atoms with van der Waals surface area (Å²) in [6.45, 7) is 3.20. The van der Waals surface area contributed by atoms with Crippen LogP contribution in [0.5, 0.6) is 17.2 Å². The standard InChI is InChI=1S/C27H22ClNO6/c1-2-33-20-10-3-16(4-11-20)24-23(25(30)17-5-12-21-22(15-17)35-14-13-34-21)26(31)27(32)29(24)19-8-6-18(28)7-9-19/h3-12,15,24,30H,2,13-14H2,1H3/b25-23-. The Morgan fingerprint density at radius 3 is 2.37 bits per heavy atom. The average molecular weight is 492 g/mol. The van der Waals surface area contributed by atoms with Crippen molar-refractivity contribution >= 4 is 34.7 Å². The van der Waals surface area contributed by atoms with Crippen molar-refractivity contribution in [3.8, 4) is 17.2 Å². The third kappa shape index (κ3) is 4.19. The highest BCUT2D eigenvalue weighted by molar-refractivity contribution is 6.51. The van der Waals surface area contributed by atoms with Crippen molar-refractivity contribution < 1.29 is 28.9 Å². The number of hydrogen-bond donors (Lipinski definition) is 1. The minimum absolute atomic E-state index is 0.0224. The van der Waals surface area contributed by atoms with E-state index in [1.165, 1.54) is 4.90 Å². The molecule has 35 heavy (non-hydrogen) atoms. The van der Waals surface area contributed by atoms with E-state index < -0.39 is 17.7 Å². The number of carbonyl (C=O) groups excluding carboxylic acids is 2. The first-order chi connectivity index (χ1) is 17.0. The monoisotopic (exact) mass is 491 g/mol. The molecular formula is C27H22ClNO6. The van der Waals surface area contributed by atoms with Gasteiger partial charge < -0.3 is 19.3 Å². The van der Waals surface area contributed by atoms with Crippen molar-refractivity contribution in [3.05, 3.63) is 88.5 Å². The zero-order chi connectivity index (χ0) is 24.5. The zero-order valence-corrected chi connectivity index (χ0v) is 19.6. The number of benzene rings is 3. The van der Waals surface area contributed by atoms with Crippen molar-refractivity contribution in [1.29, 1.82) is 0 Å². The van der Waals surface area contributed by atoms with Crippen molar-refractivity contribution in [2.75, 3.05) is 24.7 Å². The number of ether oxygens (including phenoxy) is 3. The van der Waals surface area contributed by atoms with Crippen LogP contribution in [0.3, 0.4) is 0 Å². The summed E-state index contributed by atoms with van der Waals surface area (Å²) in [5, 5.41) is 11.8. The number of halogens is 1. The molecule has 3 aromatic rings. The molecule has 1 N–H and O–H groups in total. The van der Waals surface area contributed by atoms with Gasteiger partial charge in [0.05, 0.1) is 18.2 Å². The lowest BCUT2D eigenvalue weighted by atomic mass is 9.95. The SMILES string of the molecule is CCOc1ccc(C2/C(=C(/O)c3ccc4c(c3)OCCO4)C(=O)C(=O)N2c2ccc(Cl)cc2)cc1. The van der Waals surface area contributed by atoms with E-state index in [1.807, 2.05) is 6.92 Å². The summed E-state index contributed by atoms with van der Waals surface area (Å²) in [7, 11) is 0. The number of ketones is 1. The Hall–Kier alpha value is -3.97. The summed E-state index contributed by atoms with van der Waals surface area (Å²) in [6, 6.07) is 17.8. The van der Waals surface area contributed by atoms with Crippen molar-refractivity contribution in [1.82, 2.24) is 0 Å². The smallest absolute Gasteiger partial charge is 0.300 e. The second kappa shape index (κ2) is 9.35. The van der Waals surface area contributed by atoms with Crippen LogP contribution in [0.15, 0.2) is 72.3 Å². The van der Waals surface area contributed by atoms with Gasteiger partial charge in [-0.1, -0.05) is 23.7 Å². The van der Waals surface area contributed by atoms with E-state index in [1.54, 1.807) is 66.7 Å². The predicted octanol–water partition coefficient (Wildman–Crippen LogP) is 5.14. The van der Waals surface area contributed by atoms with Crippen molar-refractivity contribution in [3.63, 3.8) is 0 Å². The molecule has 1 saturated heterocycles. The van der Waals surface area contributed by atoms with Gasteiger partial charge in [0.2, 0.25) is 0 Å². The number of carbonyl (C=O) groups is 2. The maximum atomic E-state index is 13.3. The van der Waals surface area contributed by atoms with Gasteiger partial charge in [0.15, 0.2) is 11.5 Å². The van der Waals surface area contributed by atoms with Crippen LogP contribution in [0, 0.1) is 0 Å². The molecule has 2 aliphatic heterocycles. The first-order valence-electron chi connectivity index (χ1n) is 11.2. The van der Waals surface area contributed by atoms with Crippen LogP contribution < -0.4 is 19.1 Å². The molecule has 1 atom stereocenters. The Balaban J connectivity index is 1.66. The molecule has 0 aromatic heterocycles. The van der Waals surface area contributed by atoms with E-state index >= 15 is 0 Å². The van der Waals surface area contributed by atoms with Crippen LogP contribution >= 0.6 is 11.6 Å². The van der Waals surface area contributed by atoms with Gasteiger partial charge in [-0.2, -0.15) is 0 Å². The number of fused-ring (bicyclic) bond motifs is 1. The maximum Gasteiger partial charge on any atom is 0.300 e. The number of anilines is 1. The molecular weight excluding hydrogens is 470 g/mol. The van der Waals surface area contributed by atoms with E-state index in [4.69, 9.17) is 25.8 Å². The number of Topliss-reactive ketones (excluding diaryl/α,β-unsaturated/α-hetero) is 1. The lowest BCUT2D eigenvalue weighted by molar-refractivity contribution is -0.132. The molecule has 0 bridgehead atoms. The predicted molar refractivity (Wildman–Crippen MR) is 131 cm³/mol. The normalized spacial score (nSPS) is 18.6. The lowest BCUT2D eigenvalue weighted by Gasteiger charge is -2.26. The van der Waals surface area contributed by atoms with Gasteiger partial charge in [-0.3, -0.25) is 14.5 Å². The van der Waals surface area contributed by atoms with E-state index in [0.717, 1.165) is 0 Å². The molecule has 1 unspecified atom stereocenters. The largest absolute Gasteiger partial charge is 0.507 e. The highest BCUT2D eigenvalue weighted by atomic mass is 35.5. The minimum atomic E-state index is -0.861. The summed E-state index contributed by atoms with van der Waals surface area (Å²) >= 11 is 6.05. The summed E-state index contributed by atoms with van der Waals surface area (Å²) < 4.78 is 16.7. The fourth-order valence-electron chi connectivity index (χ4n) is 4.28. The van der Waals surface area contributed by atoms with Gasteiger partial charge in [0, 0.05) is 16.3 Å². The van der Waals surface area contributed by atoms with Gasteiger partial charge >= 0.3 is 0 Å². The molecule has 7 nitrogen and oxygen atoms in total. The Kier molecular flexibility index (Phi) is 6.09. The molecule has 2 aliphatic rings. The Labute approximate surface area is 207 Å². The first-order valence-corrected chi connectivity index (χ1v) is 11.5. The summed E-state index contributed by atoms with van der Waals surface area (Å²) in [6.07, 6.45) is 0. The van der Waals surface area contributed by atoms with Crippen LogP contribution in [0.4, 0.5) is 5.69 Å². The molecule has 8 heteroatoms. The van der Waals surface area contributed by atoms with Gasteiger partial charge in [0.1, 0.15) is 24.7 Å². The number of rotatable bonds is 5. The number of amides is 1. The molecule has 0 spiro atoms. The minimum Gasteiger partial charge on any atom is -0.507 e. The molecule has 0 aliphatic carbocycles. The molecule has 2 heterocycles. The van der Waals surface area contributed by atoms with Gasteiger partial charge in [-0.15, -0.1) is 0 Å². The highest BCUT2D eigenvalue weighted by Crippen LogP contribution is 2.43. The topological polar surface area (TPSA) is 85.3 Å². The maximum absolute atomic E-state index is 13.3. The summed E-state index contributed by atoms with van der Waals surface area (Å²) in [5.74, 6) is -0.152. The first kappa shape index (κ1) is 22.8. The second-order valence-corrected chi connectivity index (χ2v) is 8.44. The molecule has 5 rings (SSSR count). The fraction of sp³-hybridized carbons (Fsp3) is 0.185. The van der Waals surface area contributed by atoms with Crippen molar-refractivity contribution in [2.24, 2.45) is 0 Å². The average Bonchev–Trinajstić information content (AvgIpc) is 3.14. The van der Waals surface area contributed by atoms with E-state index in [0.29, 0.717) is 58.9 Å².